The lowest BCUT2D eigenvalue weighted by Crippen LogP contribution is -2.07. The van der Waals surface area contributed by atoms with Crippen molar-refractivity contribution in [3.05, 3.63) is 46.2 Å². The van der Waals surface area contributed by atoms with Crippen molar-refractivity contribution >= 4 is 28.9 Å². The molecule has 0 bridgehead atoms. The van der Waals surface area contributed by atoms with Crippen molar-refractivity contribution in [1.29, 1.82) is 0 Å². The van der Waals surface area contributed by atoms with Crippen molar-refractivity contribution in [2.45, 2.75) is 20.0 Å². The van der Waals surface area contributed by atoms with Gasteiger partial charge in [0.25, 0.3) is 0 Å². The molecule has 2 aromatic rings. The lowest BCUT2D eigenvalue weighted by atomic mass is 10.2. The maximum Gasteiger partial charge on any atom is 0.167 e. The molecule has 0 saturated heterocycles. The minimum atomic E-state index is -0.550. The molecule has 2 N–H and O–H groups in total. The van der Waals surface area contributed by atoms with Gasteiger partial charge in [-0.15, -0.1) is 0 Å². The summed E-state index contributed by atoms with van der Waals surface area (Å²) >= 11 is 11.9. The van der Waals surface area contributed by atoms with Crippen molar-refractivity contribution in [3.63, 3.8) is 0 Å². The molecule has 0 aliphatic heterocycles. The predicted molar refractivity (Wildman–Crippen MR) is 83.1 cm³/mol. The molecule has 0 aliphatic rings. The van der Waals surface area contributed by atoms with Crippen LogP contribution in [0.2, 0.25) is 10.0 Å². The smallest absolute Gasteiger partial charge is 0.167 e. The van der Waals surface area contributed by atoms with E-state index in [-0.39, 0.29) is 23.3 Å². The molecule has 2 rings (SSSR count). The van der Waals surface area contributed by atoms with Crippen LogP contribution >= 0.6 is 23.2 Å². The van der Waals surface area contributed by atoms with Gasteiger partial charge in [0.15, 0.2) is 17.3 Å². The molecule has 2 aromatic carbocycles. The number of nitrogens with two attached hydrogens (primary N) is 1. The Bertz CT molecular complexity index is 662. The Morgan fingerprint density at radius 1 is 1.05 bits per heavy atom. The van der Waals surface area contributed by atoms with E-state index < -0.39 is 5.82 Å². The molecule has 0 saturated carbocycles. The maximum atomic E-state index is 13.8. The summed E-state index contributed by atoms with van der Waals surface area (Å²) in [6.07, 6.45) is -0.175. The highest BCUT2D eigenvalue weighted by molar-refractivity contribution is 6.34. The summed E-state index contributed by atoms with van der Waals surface area (Å²) in [7, 11) is 0. The standard InChI is InChI=1S/C15H14Cl2FNO2/c1-8(2)20-14-7-15(12(19)6-11(14)18)21-13-5-9(16)3-4-10(13)17/h3-8H,19H2,1-2H3. The van der Waals surface area contributed by atoms with Crippen LogP contribution in [0, 0.1) is 5.82 Å². The first-order valence-electron chi connectivity index (χ1n) is 6.25. The van der Waals surface area contributed by atoms with Crippen LogP contribution < -0.4 is 15.2 Å². The zero-order chi connectivity index (χ0) is 15.6. The minimum absolute atomic E-state index is 0.0624. The first-order chi connectivity index (χ1) is 9.86. The zero-order valence-electron chi connectivity index (χ0n) is 11.5. The Kier molecular flexibility index (Phi) is 4.80. The van der Waals surface area contributed by atoms with Crippen LogP contribution in [0.15, 0.2) is 30.3 Å². The monoisotopic (exact) mass is 329 g/mol. The van der Waals surface area contributed by atoms with Crippen molar-refractivity contribution < 1.29 is 13.9 Å². The molecule has 0 heterocycles. The van der Waals surface area contributed by atoms with Crippen LogP contribution in [0.1, 0.15) is 13.8 Å². The third-order valence-electron chi connectivity index (χ3n) is 2.54. The van der Waals surface area contributed by atoms with Gasteiger partial charge in [-0.05, 0) is 26.0 Å². The molecule has 112 valence electrons. The number of anilines is 1. The van der Waals surface area contributed by atoms with Crippen LogP contribution in [0.3, 0.4) is 0 Å². The number of benzene rings is 2. The summed E-state index contributed by atoms with van der Waals surface area (Å²) in [6.45, 7) is 3.59. The molecule has 0 fully saturated rings. The van der Waals surface area contributed by atoms with Gasteiger partial charge in [0.05, 0.1) is 16.8 Å². The van der Waals surface area contributed by atoms with Crippen LogP contribution in [0.25, 0.3) is 0 Å². The molecule has 6 heteroatoms. The molecule has 0 unspecified atom stereocenters. The van der Waals surface area contributed by atoms with E-state index in [0.717, 1.165) is 6.07 Å². The van der Waals surface area contributed by atoms with E-state index >= 15 is 0 Å². The SMILES string of the molecule is CC(C)Oc1cc(Oc2cc(Cl)ccc2Cl)c(N)cc1F. The van der Waals surface area contributed by atoms with Gasteiger partial charge in [-0.1, -0.05) is 23.2 Å². The number of halogens is 3. The quantitative estimate of drug-likeness (QED) is 0.774. The second-order valence-corrected chi connectivity index (χ2v) is 5.51. The molecular weight excluding hydrogens is 316 g/mol. The van der Waals surface area contributed by atoms with Crippen LogP contribution in [0.4, 0.5) is 10.1 Å². The lowest BCUT2D eigenvalue weighted by Gasteiger charge is -2.15. The Morgan fingerprint density at radius 3 is 2.43 bits per heavy atom. The van der Waals surface area contributed by atoms with Gasteiger partial charge in [-0.3, -0.25) is 0 Å². The zero-order valence-corrected chi connectivity index (χ0v) is 13.0. The number of ether oxygens (including phenoxy) is 2. The van der Waals surface area contributed by atoms with Gasteiger partial charge in [0.1, 0.15) is 5.75 Å². The fraction of sp³-hybridized carbons (Fsp3) is 0.200. The van der Waals surface area contributed by atoms with E-state index in [2.05, 4.69) is 0 Å². The third-order valence-corrected chi connectivity index (χ3v) is 3.09. The molecule has 0 aromatic heterocycles. The fourth-order valence-corrected chi connectivity index (χ4v) is 1.97. The van der Waals surface area contributed by atoms with E-state index in [1.165, 1.54) is 6.07 Å². The van der Waals surface area contributed by atoms with Crippen molar-refractivity contribution in [1.82, 2.24) is 0 Å². The van der Waals surface area contributed by atoms with E-state index in [4.69, 9.17) is 38.4 Å². The molecule has 0 spiro atoms. The summed E-state index contributed by atoms with van der Waals surface area (Å²) in [4.78, 5) is 0. The number of hydrogen-bond donors (Lipinski definition) is 1. The summed E-state index contributed by atoms with van der Waals surface area (Å²) < 4.78 is 24.7. The van der Waals surface area contributed by atoms with Crippen molar-refractivity contribution in [2.75, 3.05) is 5.73 Å². The second kappa shape index (κ2) is 6.41. The van der Waals surface area contributed by atoms with E-state index in [1.807, 2.05) is 0 Å². The highest BCUT2D eigenvalue weighted by Crippen LogP contribution is 2.37. The molecule has 0 amide bonds. The summed E-state index contributed by atoms with van der Waals surface area (Å²) in [6, 6.07) is 7.32. The lowest BCUT2D eigenvalue weighted by molar-refractivity contribution is 0.230. The minimum Gasteiger partial charge on any atom is -0.488 e. The van der Waals surface area contributed by atoms with Crippen LogP contribution in [0.5, 0.6) is 17.2 Å². The molecule has 0 atom stereocenters. The number of nitrogen functional groups attached to an aromatic ring is 1. The summed E-state index contributed by atoms with van der Waals surface area (Å²) in [5, 5.41) is 0.836. The third kappa shape index (κ3) is 3.93. The largest absolute Gasteiger partial charge is 0.488 e. The van der Waals surface area contributed by atoms with Gasteiger partial charge in [0, 0.05) is 23.2 Å². The average molecular weight is 330 g/mol. The molecule has 0 aliphatic carbocycles. The first-order valence-corrected chi connectivity index (χ1v) is 7.01. The van der Waals surface area contributed by atoms with Gasteiger partial charge in [0.2, 0.25) is 0 Å². The maximum absolute atomic E-state index is 13.8. The van der Waals surface area contributed by atoms with E-state index in [9.17, 15) is 4.39 Å². The van der Waals surface area contributed by atoms with Gasteiger partial charge in [-0.25, -0.2) is 4.39 Å². The highest BCUT2D eigenvalue weighted by Gasteiger charge is 2.13. The fourth-order valence-electron chi connectivity index (χ4n) is 1.66. The average Bonchev–Trinajstić information content (AvgIpc) is 2.39. The Labute approximate surface area is 132 Å². The molecular formula is C15H14Cl2FNO2. The number of hydrogen-bond acceptors (Lipinski definition) is 3. The summed E-state index contributed by atoms with van der Waals surface area (Å²) in [5.41, 5.74) is 5.90. The normalized spacial score (nSPS) is 10.8. The van der Waals surface area contributed by atoms with Crippen molar-refractivity contribution in [2.24, 2.45) is 0 Å². The molecule has 21 heavy (non-hydrogen) atoms. The Balaban J connectivity index is 2.37. The molecule has 0 radical (unpaired) electrons. The Morgan fingerprint density at radius 2 is 1.76 bits per heavy atom. The van der Waals surface area contributed by atoms with Gasteiger partial charge >= 0.3 is 0 Å². The van der Waals surface area contributed by atoms with E-state index in [0.29, 0.717) is 15.8 Å². The van der Waals surface area contributed by atoms with Gasteiger partial charge in [-0.2, -0.15) is 0 Å². The molecule has 3 nitrogen and oxygen atoms in total. The van der Waals surface area contributed by atoms with Crippen molar-refractivity contribution in [3.8, 4) is 17.2 Å². The number of rotatable bonds is 4. The van der Waals surface area contributed by atoms with Crippen LogP contribution in [-0.4, -0.2) is 6.10 Å². The first kappa shape index (κ1) is 15.7. The Hall–Kier alpha value is -1.65. The van der Waals surface area contributed by atoms with Gasteiger partial charge < -0.3 is 15.2 Å². The van der Waals surface area contributed by atoms with Crippen LogP contribution in [-0.2, 0) is 0 Å². The second-order valence-electron chi connectivity index (χ2n) is 4.66. The predicted octanol–water partition coefficient (Wildman–Crippen LogP) is 5.29. The topological polar surface area (TPSA) is 44.5 Å². The summed E-state index contributed by atoms with van der Waals surface area (Å²) in [5.74, 6) is 0.0901. The highest BCUT2D eigenvalue weighted by atomic mass is 35.5. The van der Waals surface area contributed by atoms with E-state index in [1.54, 1.807) is 32.0 Å².